The number of hydrogen-bond acceptors (Lipinski definition) is 6. The Morgan fingerprint density at radius 1 is 1.19 bits per heavy atom. The molecular formula is C18H19NO5S2. The van der Waals surface area contributed by atoms with E-state index in [1.54, 1.807) is 43.5 Å². The van der Waals surface area contributed by atoms with E-state index in [-0.39, 0.29) is 17.2 Å². The number of furan rings is 1. The number of nitrogens with one attached hydrogen (secondary N) is 1. The van der Waals surface area contributed by atoms with Crippen LogP contribution in [0.4, 0.5) is 0 Å². The molecule has 1 atom stereocenters. The molecule has 0 spiro atoms. The van der Waals surface area contributed by atoms with Crippen molar-refractivity contribution < 1.29 is 22.7 Å². The Hall–Kier alpha value is -2.13. The average molecular weight is 393 g/mol. The van der Waals surface area contributed by atoms with Gasteiger partial charge in [0.25, 0.3) is 0 Å². The minimum atomic E-state index is -3.80. The predicted molar refractivity (Wildman–Crippen MR) is 99.8 cm³/mol. The molecule has 8 heteroatoms. The van der Waals surface area contributed by atoms with Crippen LogP contribution in [0.15, 0.2) is 64.1 Å². The number of para-hydroxylation sites is 1. The monoisotopic (exact) mass is 393 g/mol. The molecule has 2 N–H and O–H groups in total. The summed E-state index contributed by atoms with van der Waals surface area (Å²) >= 11 is 1.35. The number of thiophene rings is 1. The molecule has 2 aromatic heterocycles. The Kier molecular flexibility index (Phi) is 5.77. The quantitative estimate of drug-likeness (QED) is 0.612. The van der Waals surface area contributed by atoms with Crippen LogP contribution < -0.4 is 9.46 Å². The van der Waals surface area contributed by atoms with E-state index in [9.17, 15) is 13.5 Å². The summed E-state index contributed by atoms with van der Waals surface area (Å²) in [5.41, 5.74) is 0. The summed E-state index contributed by atoms with van der Waals surface area (Å²) in [4.78, 5) is 1.57. The molecule has 0 saturated heterocycles. The Morgan fingerprint density at radius 3 is 2.73 bits per heavy atom. The molecular weight excluding hydrogens is 374 g/mol. The lowest BCUT2D eigenvalue weighted by Crippen LogP contribution is -2.28. The van der Waals surface area contributed by atoms with Crippen LogP contribution in [-0.2, 0) is 10.0 Å². The first-order valence-electron chi connectivity index (χ1n) is 8.04. The van der Waals surface area contributed by atoms with Gasteiger partial charge in [0.1, 0.15) is 22.5 Å². The van der Waals surface area contributed by atoms with Gasteiger partial charge < -0.3 is 14.3 Å². The van der Waals surface area contributed by atoms with Gasteiger partial charge in [0.2, 0.25) is 10.0 Å². The van der Waals surface area contributed by atoms with Crippen molar-refractivity contribution in [3.8, 4) is 16.4 Å². The van der Waals surface area contributed by atoms with Gasteiger partial charge in [-0.05, 0) is 43.3 Å². The second kappa shape index (κ2) is 8.05. The smallest absolute Gasteiger partial charge is 0.244 e. The number of sulfonamides is 1. The molecule has 0 amide bonds. The lowest BCUT2D eigenvalue weighted by atomic mass is 10.3. The molecule has 0 aliphatic carbocycles. The molecule has 0 radical (unpaired) electrons. The molecule has 26 heavy (non-hydrogen) atoms. The molecule has 1 unspecified atom stereocenters. The molecule has 138 valence electrons. The van der Waals surface area contributed by atoms with E-state index in [2.05, 4.69) is 4.72 Å². The van der Waals surface area contributed by atoms with E-state index < -0.39 is 16.1 Å². The summed E-state index contributed by atoms with van der Waals surface area (Å²) in [5.74, 6) is 0.993. The standard InChI is InChI=1S/C18H19NO5S2/c1-2-23-15-6-3-4-8-18(15)26(21,22)19-12-13(20)16-9-10-17(25-16)14-7-5-11-24-14/h3-11,13,19-20H,2,12H2,1H3. The van der Waals surface area contributed by atoms with E-state index >= 15 is 0 Å². The maximum Gasteiger partial charge on any atom is 0.244 e. The second-order valence-electron chi connectivity index (χ2n) is 5.43. The zero-order valence-electron chi connectivity index (χ0n) is 14.1. The van der Waals surface area contributed by atoms with Crippen LogP contribution in [0.3, 0.4) is 0 Å². The highest BCUT2D eigenvalue weighted by molar-refractivity contribution is 7.89. The summed E-state index contributed by atoms with van der Waals surface area (Å²) in [7, 11) is -3.80. The summed E-state index contributed by atoms with van der Waals surface area (Å²) < 4.78 is 38.2. The highest BCUT2D eigenvalue weighted by atomic mass is 32.2. The van der Waals surface area contributed by atoms with Crippen molar-refractivity contribution >= 4 is 21.4 Å². The van der Waals surface area contributed by atoms with Crippen molar-refractivity contribution in [2.24, 2.45) is 0 Å². The molecule has 0 saturated carbocycles. The summed E-state index contributed by atoms with van der Waals surface area (Å²) in [6.45, 7) is 2.01. The summed E-state index contributed by atoms with van der Waals surface area (Å²) in [5, 5.41) is 10.3. The van der Waals surface area contributed by atoms with Gasteiger partial charge in [0, 0.05) is 11.4 Å². The lowest BCUT2D eigenvalue weighted by Gasteiger charge is -2.13. The van der Waals surface area contributed by atoms with Gasteiger partial charge in [0.05, 0.1) is 17.7 Å². The maximum absolute atomic E-state index is 12.5. The number of benzene rings is 1. The fourth-order valence-electron chi connectivity index (χ4n) is 2.40. The van der Waals surface area contributed by atoms with Gasteiger partial charge in [-0.25, -0.2) is 13.1 Å². The maximum atomic E-state index is 12.5. The first-order chi connectivity index (χ1) is 12.5. The van der Waals surface area contributed by atoms with Crippen molar-refractivity contribution in [3.05, 3.63) is 59.7 Å². The van der Waals surface area contributed by atoms with Crippen LogP contribution in [0.1, 0.15) is 17.9 Å². The molecule has 2 heterocycles. The van der Waals surface area contributed by atoms with Gasteiger partial charge in [0.15, 0.2) is 0 Å². The van der Waals surface area contributed by atoms with Crippen LogP contribution in [0.25, 0.3) is 10.6 Å². The van der Waals surface area contributed by atoms with Crippen LogP contribution >= 0.6 is 11.3 Å². The van der Waals surface area contributed by atoms with Gasteiger partial charge in [-0.1, -0.05) is 12.1 Å². The van der Waals surface area contributed by atoms with E-state index in [1.165, 1.54) is 17.4 Å². The molecule has 3 rings (SSSR count). The van der Waals surface area contributed by atoms with Crippen LogP contribution in [-0.4, -0.2) is 26.7 Å². The number of hydrogen-bond donors (Lipinski definition) is 2. The third-order valence-corrected chi connectivity index (χ3v) is 6.29. The Morgan fingerprint density at radius 2 is 2.00 bits per heavy atom. The second-order valence-corrected chi connectivity index (χ2v) is 8.28. The fraction of sp³-hybridized carbons (Fsp3) is 0.222. The number of aliphatic hydroxyl groups excluding tert-OH is 1. The van der Waals surface area contributed by atoms with Crippen molar-refractivity contribution in [2.45, 2.75) is 17.9 Å². The zero-order chi connectivity index (χ0) is 18.6. The summed E-state index contributed by atoms with van der Waals surface area (Å²) in [6, 6.07) is 13.6. The third kappa shape index (κ3) is 4.16. The first kappa shape index (κ1) is 18.7. The number of rotatable bonds is 8. The topological polar surface area (TPSA) is 88.8 Å². The highest BCUT2D eigenvalue weighted by Crippen LogP contribution is 2.32. The van der Waals surface area contributed by atoms with Crippen LogP contribution in [0.5, 0.6) is 5.75 Å². The lowest BCUT2D eigenvalue weighted by molar-refractivity contribution is 0.185. The van der Waals surface area contributed by atoms with E-state index in [4.69, 9.17) is 9.15 Å². The SMILES string of the molecule is CCOc1ccccc1S(=O)(=O)NCC(O)c1ccc(-c2ccco2)s1. The zero-order valence-corrected chi connectivity index (χ0v) is 15.7. The van der Waals surface area contributed by atoms with Crippen molar-refractivity contribution in [1.82, 2.24) is 4.72 Å². The van der Waals surface area contributed by atoms with Crippen molar-refractivity contribution in [2.75, 3.05) is 13.2 Å². The van der Waals surface area contributed by atoms with Gasteiger partial charge in [-0.2, -0.15) is 0 Å². The van der Waals surface area contributed by atoms with Crippen molar-refractivity contribution in [3.63, 3.8) is 0 Å². The van der Waals surface area contributed by atoms with Crippen LogP contribution in [0, 0.1) is 0 Å². The van der Waals surface area contributed by atoms with Crippen LogP contribution in [0.2, 0.25) is 0 Å². The predicted octanol–water partition coefficient (Wildman–Crippen LogP) is 3.42. The highest BCUT2D eigenvalue weighted by Gasteiger charge is 2.21. The molecule has 6 nitrogen and oxygen atoms in total. The average Bonchev–Trinajstić information content (AvgIpc) is 3.31. The van der Waals surface area contributed by atoms with E-state index in [0.29, 0.717) is 17.2 Å². The molecule has 0 fully saturated rings. The normalized spacial score (nSPS) is 12.8. The van der Waals surface area contributed by atoms with Gasteiger partial charge in [-0.15, -0.1) is 11.3 Å². The Labute approximate surface area is 156 Å². The number of aliphatic hydroxyl groups is 1. The summed E-state index contributed by atoms with van der Waals surface area (Å²) in [6.07, 6.45) is 0.618. The molecule has 0 bridgehead atoms. The Balaban J connectivity index is 1.70. The minimum Gasteiger partial charge on any atom is -0.492 e. The van der Waals surface area contributed by atoms with Gasteiger partial charge in [-0.3, -0.25) is 0 Å². The number of ether oxygens (including phenoxy) is 1. The van der Waals surface area contributed by atoms with E-state index in [1.807, 2.05) is 12.1 Å². The molecule has 0 aliphatic rings. The fourth-order valence-corrected chi connectivity index (χ4v) is 4.54. The first-order valence-corrected chi connectivity index (χ1v) is 10.3. The molecule has 1 aromatic carbocycles. The third-order valence-electron chi connectivity index (χ3n) is 3.62. The Bertz CT molecular complexity index is 948. The molecule has 0 aliphatic heterocycles. The molecule has 3 aromatic rings. The largest absolute Gasteiger partial charge is 0.492 e. The van der Waals surface area contributed by atoms with E-state index in [0.717, 1.165) is 4.88 Å². The minimum absolute atomic E-state index is 0.0523. The van der Waals surface area contributed by atoms with Gasteiger partial charge >= 0.3 is 0 Å². The van der Waals surface area contributed by atoms with Crippen molar-refractivity contribution in [1.29, 1.82) is 0 Å².